The molecule has 0 aliphatic carbocycles. The van der Waals surface area contributed by atoms with Crippen LogP contribution in [0.4, 0.5) is 5.95 Å². The van der Waals surface area contributed by atoms with Gasteiger partial charge in [-0.2, -0.15) is 15.0 Å². The second-order valence-corrected chi connectivity index (χ2v) is 3.88. The lowest BCUT2D eigenvalue weighted by Crippen LogP contribution is -2.00. The van der Waals surface area contributed by atoms with Crippen molar-refractivity contribution in [1.82, 2.24) is 24.9 Å². The molecule has 3 rings (SSSR count). The first-order valence-corrected chi connectivity index (χ1v) is 5.48. The van der Waals surface area contributed by atoms with E-state index in [0.717, 1.165) is 16.6 Å². The van der Waals surface area contributed by atoms with Crippen LogP contribution in [0.15, 0.2) is 30.6 Å². The first-order chi connectivity index (χ1) is 8.72. The molecular formula is C11H7ClN6. The van der Waals surface area contributed by atoms with Crippen LogP contribution in [0, 0.1) is 0 Å². The molecular weight excluding hydrogens is 252 g/mol. The fourth-order valence-corrected chi connectivity index (χ4v) is 1.76. The molecule has 0 bridgehead atoms. The molecule has 0 amide bonds. The highest BCUT2D eigenvalue weighted by atomic mass is 35.5. The van der Waals surface area contributed by atoms with Crippen molar-refractivity contribution in [3.63, 3.8) is 0 Å². The standard InChI is InChI=1S/C11H7ClN6/c12-10-16-9(17-11(13)18-10)6-1-2-7-8(5-6)15-4-3-14-7/h1-5H,(H2,13,16,17,18). The van der Waals surface area contributed by atoms with Gasteiger partial charge in [-0.1, -0.05) is 0 Å². The minimum atomic E-state index is 0.0664. The molecule has 3 aromatic rings. The summed E-state index contributed by atoms with van der Waals surface area (Å²) >= 11 is 5.75. The molecule has 0 saturated carbocycles. The maximum absolute atomic E-state index is 5.75. The van der Waals surface area contributed by atoms with Crippen molar-refractivity contribution in [2.45, 2.75) is 0 Å². The normalized spacial score (nSPS) is 10.7. The van der Waals surface area contributed by atoms with Crippen molar-refractivity contribution < 1.29 is 0 Å². The smallest absolute Gasteiger partial charge is 0.227 e. The first kappa shape index (κ1) is 10.8. The van der Waals surface area contributed by atoms with Crippen molar-refractivity contribution in [3.8, 4) is 11.4 Å². The number of nitrogens with two attached hydrogens (primary N) is 1. The van der Waals surface area contributed by atoms with Crippen LogP contribution in [-0.2, 0) is 0 Å². The number of fused-ring (bicyclic) bond motifs is 1. The van der Waals surface area contributed by atoms with Crippen LogP contribution in [0.1, 0.15) is 0 Å². The van der Waals surface area contributed by atoms with E-state index in [4.69, 9.17) is 17.3 Å². The lowest BCUT2D eigenvalue weighted by Gasteiger charge is -2.02. The summed E-state index contributed by atoms with van der Waals surface area (Å²) in [6.07, 6.45) is 3.26. The monoisotopic (exact) mass is 258 g/mol. The SMILES string of the molecule is Nc1nc(Cl)nc(-c2ccc3nccnc3c2)n1. The highest BCUT2D eigenvalue weighted by molar-refractivity contribution is 6.28. The van der Waals surface area contributed by atoms with Gasteiger partial charge in [0.2, 0.25) is 11.2 Å². The van der Waals surface area contributed by atoms with Crippen LogP contribution in [0.3, 0.4) is 0 Å². The van der Waals surface area contributed by atoms with Crippen LogP contribution in [-0.4, -0.2) is 24.9 Å². The van der Waals surface area contributed by atoms with Crippen LogP contribution in [0.5, 0.6) is 0 Å². The summed E-state index contributed by atoms with van der Waals surface area (Å²) in [6, 6.07) is 5.50. The zero-order valence-electron chi connectivity index (χ0n) is 9.08. The third-order valence-corrected chi connectivity index (χ3v) is 2.52. The van der Waals surface area contributed by atoms with Crippen molar-refractivity contribution >= 4 is 28.6 Å². The maximum atomic E-state index is 5.75. The number of benzene rings is 1. The summed E-state index contributed by atoms with van der Waals surface area (Å²) in [5.74, 6) is 0.504. The van der Waals surface area contributed by atoms with E-state index in [9.17, 15) is 0 Å². The number of anilines is 1. The average Bonchev–Trinajstić information content (AvgIpc) is 2.37. The Balaban J connectivity index is 2.19. The van der Waals surface area contributed by atoms with Gasteiger partial charge in [0.05, 0.1) is 11.0 Å². The Labute approximate surface area is 107 Å². The Hall–Kier alpha value is -2.34. The van der Waals surface area contributed by atoms with E-state index in [1.54, 1.807) is 12.4 Å². The Kier molecular flexibility index (Phi) is 2.49. The fraction of sp³-hybridized carbons (Fsp3) is 0. The summed E-state index contributed by atoms with van der Waals surface area (Å²) in [4.78, 5) is 20.2. The third-order valence-electron chi connectivity index (χ3n) is 2.35. The summed E-state index contributed by atoms with van der Waals surface area (Å²) in [6.45, 7) is 0. The van der Waals surface area contributed by atoms with Gasteiger partial charge in [0.1, 0.15) is 0 Å². The number of nitrogen functional groups attached to an aromatic ring is 1. The van der Waals surface area contributed by atoms with Gasteiger partial charge in [0.15, 0.2) is 5.82 Å². The van der Waals surface area contributed by atoms with E-state index in [-0.39, 0.29) is 11.2 Å². The van der Waals surface area contributed by atoms with Crippen LogP contribution >= 0.6 is 11.6 Å². The molecule has 1 aromatic carbocycles. The van der Waals surface area contributed by atoms with Gasteiger partial charge in [-0.05, 0) is 29.8 Å². The molecule has 18 heavy (non-hydrogen) atoms. The van der Waals surface area contributed by atoms with E-state index < -0.39 is 0 Å². The van der Waals surface area contributed by atoms with Gasteiger partial charge >= 0.3 is 0 Å². The van der Waals surface area contributed by atoms with Crippen molar-refractivity contribution in [3.05, 3.63) is 35.9 Å². The zero-order valence-corrected chi connectivity index (χ0v) is 9.83. The van der Waals surface area contributed by atoms with Gasteiger partial charge in [-0.25, -0.2) is 0 Å². The molecule has 2 heterocycles. The molecule has 2 N–H and O–H groups in total. The van der Waals surface area contributed by atoms with Gasteiger partial charge in [0.25, 0.3) is 0 Å². The molecule has 0 aliphatic heterocycles. The molecule has 0 spiro atoms. The van der Waals surface area contributed by atoms with E-state index in [1.807, 2.05) is 18.2 Å². The number of hydrogen-bond acceptors (Lipinski definition) is 6. The number of rotatable bonds is 1. The largest absolute Gasteiger partial charge is 0.368 e. The second-order valence-electron chi connectivity index (χ2n) is 3.55. The van der Waals surface area contributed by atoms with Crippen molar-refractivity contribution in [2.24, 2.45) is 0 Å². The van der Waals surface area contributed by atoms with Crippen LogP contribution < -0.4 is 5.73 Å². The Morgan fingerprint density at radius 3 is 2.50 bits per heavy atom. The number of hydrogen-bond donors (Lipinski definition) is 1. The van der Waals surface area contributed by atoms with Crippen molar-refractivity contribution in [2.75, 3.05) is 5.73 Å². The molecule has 7 heteroatoms. The van der Waals surface area contributed by atoms with Gasteiger partial charge in [-0.3, -0.25) is 9.97 Å². The summed E-state index contributed by atoms with van der Waals surface area (Å²) < 4.78 is 0. The Bertz CT molecular complexity index is 709. The first-order valence-electron chi connectivity index (χ1n) is 5.10. The Morgan fingerprint density at radius 1 is 0.944 bits per heavy atom. The fourth-order valence-electron chi connectivity index (χ4n) is 1.60. The van der Waals surface area contributed by atoms with Gasteiger partial charge in [-0.15, -0.1) is 0 Å². The minimum absolute atomic E-state index is 0.0664. The maximum Gasteiger partial charge on any atom is 0.227 e. The molecule has 0 radical (unpaired) electrons. The van der Waals surface area contributed by atoms with Gasteiger partial charge < -0.3 is 5.73 Å². The topological polar surface area (TPSA) is 90.5 Å². The molecule has 0 fully saturated rings. The number of halogens is 1. The van der Waals surface area contributed by atoms with Gasteiger partial charge in [0, 0.05) is 18.0 Å². The third kappa shape index (κ3) is 1.93. The molecule has 88 valence electrons. The molecule has 0 aliphatic rings. The van der Waals surface area contributed by atoms with Crippen LogP contribution in [0.2, 0.25) is 5.28 Å². The lowest BCUT2D eigenvalue weighted by atomic mass is 10.2. The number of aromatic nitrogens is 5. The lowest BCUT2D eigenvalue weighted by molar-refractivity contribution is 1.07. The van der Waals surface area contributed by atoms with E-state index in [1.165, 1.54) is 0 Å². The highest BCUT2D eigenvalue weighted by Gasteiger charge is 2.06. The number of nitrogens with zero attached hydrogens (tertiary/aromatic N) is 5. The molecule has 0 atom stereocenters. The summed E-state index contributed by atoms with van der Waals surface area (Å²) in [7, 11) is 0. The average molecular weight is 259 g/mol. The predicted octanol–water partition coefficient (Wildman–Crippen LogP) is 1.72. The summed E-state index contributed by atoms with van der Waals surface area (Å²) in [5.41, 5.74) is 7.85. The quantitative estimate of drug-likeness (QED) is 0.715. The van der Waals surface area contributed by atoms with E-state index in [2.05, 4.69) is 24.9 Å². The summed E-state index contributed by atoms with van der Waals surface area (Å²) in [5, 5.41) is 0.0664. The van der Waals surface area contributed by atoms with Crippen LogP contribution in [0.25, 0.3) is 22.4 Å². The molecule has 6 nitrogen and oxygen atoms in total. The molecule has 0 saturated heterocycles. The molecule has 2 aromatic heterocycles. The molecule has 0 unspecified atom stereocenters. The Morgan fingerprint density at radius 2 is 1.72 bits per heavy atom. The van der Waals surface area contributed by atoms with Crippen molar-refractivity contribution in [1.29, 1.82) is 0 Å². The minimum Gasteiger partial charge on any atom is -0.368 e. The van der Waals surface area contributed by atoms with E-state index in [0.29, 0.717) is 5.82 Å². The van der Waals surface area contributed by atoms with E-state index >= 15 is 0 Å². The second kappa shape index (κ2) is 4.15. The predicted molar refractivity (Wildman–Crippen MR) is 67.8 cm³/mol. The highest BCUT2D eigenvalue weighted by Crippen LogP contribution is 2.20. The zero-order chi connectivity index (χ0) is 12.5.